The predicted molar refractivity (Wildman–Crippen MR) is 65.9 cm³/mol. The second-order valence-corrected chi connectivity index (χ2v) is 5.86. The maximum atomic E-state index is 11.2. The fourth-order valence-electron chi connectivity index (χ4n) is 1.12. The van der Waals surface area contributed by atoms with E-state index in [2.05, 4.69) is 15.3 Å². The molecule has 9 nitrogen and oxygen atoms in total. The highest BCUT2D eigenvalue weighted by Gasteiger charge is 2.17. The molecule has 0 aliphatic rings. The van der Waals surface area contributed by atoms with Crippen LogP contribution in [0.2, 0.25) is 0 Å². The molecule has 18 heavy (non-hydrogen) atoms. The molecule has 1 aromatic heterocycles. The van der Waals surface area contributed by atoms with Crippen molar-refractivity contribution in [1.82, 2.24) is 9.97 Å². The Morgan fingerprint density at radius 1 is 1.56 bits per heavy atom. The number of nitro groups is 1. The van der Waals surface area contributed by atoms with E-state index in [9.17, 15) is 18.5 Å². The molecular weight excluding hydrogens is 262 g/mol. The number of nitrogens with one attached hydrogen (secondary N) is 1. The van der Waals surface area contributed by atoms with Crippen molar-refractivity contribution >= 4 is 27.3 Å². The number of nitrogens with zero attached hydrogens (tertiary/aromatic N) is 3. The summed E-state index contributed by atoms with van der Waals surface area (Å²) in [4.78, 5) is 17.2. The highest BCUT2D eigenvalue weighted by atomic mass is 32.2. The van der Waals surface area contributed by atoms with E-state index in [1.165, 1.54) is 6.92 Å². The smallest absolute Gasteiger partial charge is 0.329 e. The van der Waals surface area contributed by atoms with E-state index < -0.39 is 14.8 Å². The summed E-state index contributed by atoms with van der Waals surface area (Å²) in [7, 11) is -3.14. The van der Waals surface area contributed by atoms with Crippen LogP contribution in [0.4, 0.5) is 17.5 Å². The molecule has 0 atom stereocenters. The molecule has 1 rings (SSSR count). The highest BCUT2D eigenvalue weighted by Crippen LogP contribution is 2.20. The van der Waals surface area contributed by atoms with Gasteiger partial charge in [0.15, 0.2) is 9.84 Å². The Morgan fingerprint density at radius 2 is 2.22 bits per heavy atom. The Balaban J connectivity index is 2.78. The summed E-state index contributed by atoms with van der Waals surface area (Å²) in [5, 5.41) is 13.2. The minimum atomic E-state index is -3.14. The third-order valence-corrected chi connectivity index (χ3v) is 3.84. The lowest BCUT2D eigenvalue weighted by Gasteiger charge is -2.06. The largest absolute Gasteiger partial charge is 0.368 e. The van der Waals surface area contributed by atoms with E-state index in [-0.39, 0.29) is 35.5 Å². The van der Waals surface area contributed by atoms with Gasteiger partial charge in [0.05, 0.1) is 10.7 Å². The summed E-state index contributed by atoms with van der Waals surface area (Å²) in [5.41, 5.74) is 4.96. The zero-order valence-electron chi connectivity index (χ0n) is 9.66. The van der Waals surface area contributed by atoms with Crippen LogP contribution < -0.4 is 11.1 Å². The summed E-state index contributed by atoms with van der Waals surface area (Å²) in [6.45, 7) is 1.55. The number of hydrogen-bond acceptors (Lipinski definition) is 8. The second-order valence-electron chi connectivity index (χ2n) is 3.38. The van der Waals surface area contributed by atoms with Crippen LogP contribution in [0.15, 0.2) is 6.20 Å². The lowest BCUT2D eigenvalue weighted by Crippen LogP contribution is -2.18. The van der Waals surface area contributed by atoms with Crippen LogP contribution in [0.25, 0.3) is 0 Å². The van der Waals surface area contributed by atoms with Crippen molar-refractivity contribution in [2.24, 2.45) is 0 Å². The molecule has 3 N–H and O–H groups in total. The van der Waals surface area contributed by atoms with Crippen LogP contribution >= 0.6 is 0 Å². The summed E-state index contributed by atoms with van der Waals surface area (Å²) < 4.78 is 22.5. The first-order valence-corrected chi connectivity index (χ1v) is 6.89. The van der Waals surface area contributed by atoms with E-state index in [0.717, 1.165) is 6.20 Å². The van der Waals surface area contributed by atoms with E-state index in [1.807, 2.05) is 0 Å². The molecule has 1 heterocycles. The summed E-state index contributed by atoms with van der Waals surface area (Å²) >= 11 is 0. The Kier molecular flexibility index (Phi) is 4.37. The number of rotatable bonds is 6. The molecule has 0 aliphatic carbocycles. The Labute approximate surface area is 103 Å². The van der Waals surface area contributed by atoms with Crippen molar-refractivity contribution in [3.63, 3.8) is 0 Å². The van der Waals surface area contributed by atoms with Crippen molar-refractivity contribution in [2.75, 3.05) is 29.1 Å². The molecule has 100 valence electrons. The monoisotopic (exact) mass is 275 g/mol. The molecule has 0 saturated carbocycles. The van der Waals surface area contributed by atoms with Crippen LogP contribution in [0.3, 0.4) is 0 Å². The van der Waals surface area contributed by atoms with Crippen LogP contribution in [0, 0.1) is 10.1 Å². The first-order valence-electron chi connectivity index (χ1n) is 5.07. The van der Waals surface area contributed by atoms with Gasteiger partial charge in [-0.15, -0.1) is 0 Å². The van der Waals surface area contributed by atoms with Crippen LogP contribution in [-0.2, 0) is 9.84 Å². The van der Waals surface area contributed by atoms with Gasteiger partial charge in [-0.1, -0.05) is 6.92 Å². The summed E-state index contributed by atoms with van der Waals surface area (Å²) in [6.07, 6.45) is 0.971. The van der Waals surface area contributed by atoms with Gasteiger partial charge in [0.25, 0.3) is 0 Å². The van der Waals surface area contributed by atoms with Gasteiger partial charge in [0.2, 0.25) is 11.8 Å². The molecule has 0 aromatic carbocycles. The topological polar surface area (TPSA) is 141 Å². The molecule has 0 amide bonds. The standard InChI is InChI=1S/C8H13N5O4S/c1-2-18(16,17)4-3-10-7-6(13(14)15)5-11-8(9)12-7/h5H,2-4H2,1H3,(H3,9,10,11,12). The summed E-state index contributed by atoms with van der Waals surface area (Å²) in [5.74, 6) is -0.326. The van der Waals surface area contributed by atoms with Gasteiger partial charge < -0.3 is 11.1 Å². The number of nitrogen functional groups attached to an aromatic ring is 1. The number of aromatic nitrogens is 2. The Morgan fingerprint density at radius 3 is 2.78 bits per heavy atom. The molecule has 0 spiro atoms. The maximum absolute atomic E-state index is 11.2. The van der Waals surface area contributed by atoms with Crippen molar-refractivity contribution in [1.29, 1.82) is 0 Å². The molecule has 0 saturated heterocycles. The minimum absolute atomic E-state index is 0.0166. The lowest BCUT2D eigenvalue weighted by atomic mass is 10.4. The van der Waals surface area contributed by atoms with Crippen LogP contribution in [0.5, 0.6) is 0 Å². The third kappa shape index (κ3) is 3.80. The minimum Gasteiger partial charge on any atom is -0.368 e. The van der Waals surface area contributed by atoms with Crippen molar-refractivity contribution in [2.45, 2.75) is 6.92 Å². The van der Waals surface area contributed by atoms with Gasteiger partial charge in [0.1, 0.15) is 6.20 Å². The predicted octanol–water partition coefficient (Wildman–Crippen LogP) is -0.186. The van der Waals surface area contributed by atoms with Gasteiger partial charge in [-0.3, -0.25) is 10.1 Å². The quantitative estimate of drug-likeness (QED) is 0.537. The average Bonchev–Trinajstić information content (AvgIpc) is 2.28. The molecule has 0 unspecified atom stereocenters. The fraction of sp³-hybridized carbons (Fsp3) is 0.500. The Bertz CT molecular complexity index is 544. The molecule has 0 bridgehead atoms. The zero-order chi connectivity index (χ0) is 13.8. The number of sulfone groups is 1. The van der Waals surface area contributed by atoms with Gasteiger partial charge in [-0.05, 0) is 0 Å². The SMILES string of the molecule is CCS(=O)(=O)CCNc1nc(N)ncc1[N+](=O)[O-]. The summed E-state index contributed by atoms with van der Waals surface area (Å²) in [6, 6.07) is 0. The molecule has 0 aliphatic heterocycles. The lowest BCUT2D eigenvalue weighted by molar-refractivity contribution is -0.384. The number of hydrogen-bond donors (Lipinski definition) is 2. The zero-order valence-corrected chi connectivity index (χ0v) is 10.5. The van der Waals surface area contributed by atoms with Gasteiger partial charge in [-0.2, -0.15) is 4.98 Å². The van der Waals surface area contributed by atoms with Gasteiger partial charge >= 0.3 is 5.69 Å². The van der Waals surface area contributed by atoms with Crippen molar-refractivity contribution < 1.29 is 13.3 Å². The fourth-order valence-corrected chi connectivity index (χ4v) is 1.82. The van der Waals surface area contributed by atoms with E-state index >= 15 is 0 Å². The average molecular weight is 275 g/mol. The van der Waals surface area contributed by atoms with E-state index in [1.54, 1.807) is 0 Å². The van der Waals surface area contributed by atoms with Crippen molar-refractivity contribution in [3.05, 3.63) is 16.3 Å². The maximum Gasteiger partial charge on any atom is 0.329 e. The molecular formula is C8H13N5O4S. The molecule has 10 heteroatoms. The van der Waals surface area contributed by atoms with Crippen LogP contribution in [-0.4, -0.2) is 41.4 Å². The van der Waals surface area contributed by atoms with E-state index in [4.69, 9.17) is 5.73 Å². The highest BCUT2D eigenvalue weighted by molar-refractivity contribution is 7.91. The molecule has 0 radical (unpaired) electrons. The number of nitrogens with two attached hydrogens (primary N) is 1. The first-order chi connectivity index (χ1) is 8.35. The second kappa shape index (κ2) is 5.58. The number of anilines is 2. The molecule has 0 fully saturated rings. The van der Waals surface area contributed by atoms with Gasteiger partial charge in [0, 0.05) is 12.3 Å². The Hall–Kier alpha value is -1.97. The first kappa shape index (κ1) is 14.1. The van der Waals surface area contributed by atoms with E-state index in [0.29, 0.717) is 0 Å². The normalized spacial score (nSPS) is 11.2. The molecule has 1 aromatic rings. The third-order valence-electron chi connectivity index (χ3n) is 2.13. The van der Waals surface area contributed by atoms with Gasteiger partial charge in [-0.25, -0.2) is 13.4 Å². The van der Waals surface area contributed by atoms with Crippen LogP contribution in [0.1, 0.15) is 6.92 Å². The van der Waals surface area contributed by atoms with Crippen molar-refractivity contribution in [3.8, 4) is 0 Å².